The van der Waals surface area contributed by atoms with Gasteiger partial charge >= 0.3 is 0 Å². The van der Waals surface area contributed by atoms with Crippen LogP contribution in [-0.2, 0) is 0 Å². The van der Waals surface area contributed by atoms with Gasteiger partial charge in [-0.3, -0.25) is 0 Å². The lowest BCUT2D eigenvalue weighted by atomic mass is 10.1. The van der Waals surface area contributed by atoms with Gasteiger partial charge in [0.15, 0.2) is 0 Å². The normalized spacial score (nSPS) is 15.3. The van der Waals surface area contributed by atoms with E-state index in [0.717, 1.165) is 12.1 Å². The molecule has 0 radical (unpaired) electrons. The third-order valence-electron chi connectivity index (χ3n) is 1.69. The average Bonchev–Trinajstić information content (AvgIpc) is 2.01. The van der Waals surface area contributed by atoms with Crippen LogP contribution in [0.25, 0.3) is 0 Å². The highest BCUT2D eigenvalue weighted by Gasteiger charge is 2.25. The lowest BCUT2D eigenvalue weighted by Crippen LogP contribution is -1.96. The van der Waals surface area contributed by atoms with Crippen LogP contribution in [0.5, 0.6) is 0 Å². The van der Waals surface area contributed by atoms with Gasteiger partial charge in [0.25, 0.3) is 0 Å². The third-order valence-corrected chi connectivity index (χ3v) is 2.48. The second-order valence-electron chi connectivity index (χ2n) is 2.77. The summed E-state index contributed by atoms with van der Waals surface area (Å²) in [6.07, 6.45) is -1.10. The van der Waals surface area contributed by atoms with Gasteiger partial charge in [-0.05, 0) is 19.1 Å². The second kappa shape index (κ2) is 3.78. The van der Waals surface area contributed by atoms with E-state index in [1.54, 1.807) is 0 Å². The number of hydrogen-bond donors (Lipinski definition) is 1. The summed E-state index contributed by atoms with van der Waals surface area (Å²) in [7, 11) is 0. The molecule has 6 heteroatoms. The van der Waals surface area contributed by atoms with Gasteiger partial charge in [0.1, 0.15) is 5.82 Å². The van der Waals surface area contributed by atoms with E-state index in [4.69, 9.17) is 5.11 Å². The van der Waals surface area contributed by atoms with Crippen molar-refractivity contribution in [3.8, 4) is 0 Å². The predicted molar refractivity (Wildman–Crippen MR) is 46.2 cm³/mol. The van der Waals surface area contributed by atoms with Crippen LogP contribution in [0.15, 0.2) is 23.1 Å². The first-order valence-electron chi connectivity index (χ1n) is 3.72. The van der Waals surface area contributed by atoms with Crippen molar-refractivity contribution in [2.75, 3.05) is 0 Å². The van der Waals surface area contributed by atoms with E-state index in [9.17, 15) is 16.0 Å². The lowest BCUT2D eigenvalue weighted by molar-refractivity contribution is 0.194. The maximum absolute atomic E-state index is 13.0. The zero-order chi connectivity index (χ0) is 10.9. The Kier molecular flexibility index (Phi) is 3.06. The van der Waals surface area contributed by atoms with Crippen LogP contribution in [-0.4, -0.2) is 5.11 Å². The Labute approximate surface area is 80.6 Å². The van der Waals surface area contributed by atoms with Gasteiger partial charge in [-0.1, -0.05) is 6.07 Å². The SMILES string of the molecule is CC(O)c1ccc(S(F)(F)F)cc1F. The van der Waals surface area contributed by atoms with Gasteiger partial charge in [-0.2, -0.15) is 0 Å². The molecule has 1 unspecified atom stereocenters. The molecule has 0 saturated carbocycles. The summed E-state index contributed by atoms with van der Waals surface area (Å²) >= 11 is -5.39. The molecule has 1 N–H and O–H groups in total. The summed E-state index contributed by atoms with van der Waals surface area (Å²) < 4.78 is 49.4. The standard InChI is InChI=1S/C8H8F4OS/c1-5(13)7-3-2-6(4-8(7)9)14(10,11)12/h2-5,13H,1H3. The molecule has 1 nitrogen and oxygen atoms in total. The molecule has 1 aromatic carbocycles. The summed E-state index contributed by atoms with van der Waals surface area (Å²) in [4.78, 5) is -0.973. The minimum atomic E-state index is -5.39. The Balaban J connectivity index is 3.13. The molecule has 0 bridgehead atoms. The quantitative estimate of drug-likeness (QED) is 0.765. The van der Waals surface area contributed by atoms with Gasteiger partial charge in [-0.15, -0.1) is 11.7 Å². The number of aliphatic hydroxyl groups excluding tert-OH is 1. The number of halogens is 4. The van der Waals surface area contributed by atoms with Crippen molar-refractivity contribution in [2.24, 2.45) is 0 Å². The highest BCUT2D eigenvalue weighted by atomic mass is 32.3. The lowest BCUT2D eigenvalue weighted by Gasteiger charge is -2.12. The molecule has 0 aromatic heterocycles. The van der Waals surface area contributed by atoms with Crippen molar-refractivity contribution in [1.29, 1.82) is 0 Å². The van der Waals surface area contributed by atoms with Crippen molar-refractivity contribution in [3.05, 3.63) is 29.6 Å². The Hall–Kier alpha value is -0.750. The van der Waals surface area contributed by atoms with Crippen molar-refractivity contribution in [3.63, 3.8) is 0 Å². The predicted octanol–water partition coefficient (Wildman–Crippen LogP) is 3.70. The number of hydrogen-bond acceptors (Lipinski definition) is 1. The van der Waals surface area contributed by atoms with Crippen LogP contribution in [0, 0.1) is 5.82 Å². The minimum absolute atomic E-state index is 0.127. The van der Waals surface area contributed by atoms with Crippen LogP contribution < -0.4 is 0 Å². The molecule has 0 fully saturated rings. The molecule has 0 aliphatic heterocycles. The molecule has 0 amide bonds. The molecule has 0 spiro atoms. The Morgan fingerprint density at radius 1 is 1.29 bits per heavy atom. The largest absolute Gasteiger partial charge is 0.389 e. The van der Waals surface area contributed by atoms with E-state index in [1.165, 1.54) is 6.92 Å². The van der Waals surface area contributed by atoms with Crippen LogP contribution in [0.3, 0.4) is 0 Å². The van der Waals surface area contributed by atoms with E-state index < -0.39 is 28.0 Å². The molecule has 0 heterocycles. The van der Waals surface area contributed by atoms with Crippen molar-refractivity contribution < 1.29 is 21.2 Å². The number of aliphatic hydroxyl groups is 1. The summed E-state index contributed by atoms with van der Waals surface area (Å²) in [5.41, 5.74) is -0.127. The van der Waals surface area contributed by atoms with E-state index in [2.05, 4.69) is 0 Å². The maximum Gasteiger partial charge on any atom is 0.237 e. The molecule has 0 aliphatic rings. The monoisotopic (exact) mass is 228 g/mol. The van der Waals surface area contributed by atoms with Crippen molar-refractivity contribution in [2.45, 2.75) is 17.9 Å². The topological polar surface area (TPSA) is 20.2 Å². The summed E-state index contributed by atoms with van der Waals surface area (Å²) in [6.45, 7) is 1.29. The fraction of sp³-hybridized carbons (Fsp3) is 0.250. The van der Waals surface area contributed by atoms with E-state index >= 15 is 0 Å². The molecule has 1 rings (SSSR count). The molecule has 1 atom stereocenters. The highest BCUT2D eigenvalue weighted by molar-refractivity contribution is 8.20. The fourth-order valence-electron chi connectivity index (χ4n) is 0.991. The second-order valence-corrected chi connectivity index (χ2v) is 4.05. The molecule has 1 aromatic rings. The third kappa shape index (κ3) is 2.39. The summed E-state index contributed by atoms with van der Waals surface area (Å²) in [5.74, 6) is -1.03. The van der Waals surface area contributed by atoms with Crippen LogP contribution in [0.1, 0.15) is 18.6 Å². The Morgan fingerprint density at radius 2 is 1.86 bits per heavy atom. The summed E-state index contributed by atoms with van der Waals surface area (Å²) in [5, 5.41) is 8.98. The zero-order valence-corrected chi connectivity index (χ0v) is 7.99. The van der Waals surface area contributed by atoms with E-state index in [1.807, 2.05) is 0 Å². The first-order valence-corrected chi connectivity index (χ1v) is 5.05. The number of rotatable bonds is 2. The van der Waals surface area contributed by atoms with Gasteiger partial charge in [0, 0.05) is 5.56 Å². The zero-order valence-electron chi connectivity index (χ0n) is 7.18. The first-order chi connectivity index (χ1) is 6.32. The molecular formula is C8H8F4OS. The van der Waals surface area contributed by atoms with Gasteiger partial charge in [-0.25, -0.2) is 4.39 Å². The average molecular weight is 228 g/mol. The molecule has 80 valence electrons. The number of benzene rings is 1. The van der Waals surface area contributed by atoms with Crippen molar-refractivity contribution in [1.82, 2.24) is 0 Å². The van der Waals surface area contributed by atoms with Gasteiger partial charge in [0.2, 0.25) is 11.2 Å². The molecule has 0 saturated heterocycles. The Morgan fingerprint density at radius 3 is 2.21 bits per heavy atom. The molecule has 0 aliphatic carbocycles. The Bertz CT molecular complexity index is 335. The van der Waals surface area contributed by atoms with Crippen LogP contribution in [0.2, 0.25) is 0 Å². The van der Waals surface area contributed by atoms with E-state index in [-0.39, 0.29) is 5.56 Å². The van der Waals surface area contributed by atoms with Gasteiger partial charge in [0.05, 0.1) is 11.0 Å². The van der Waals surface area contributed by atoms with Gasteiger partial charge < -0.3 is 5.11 Å². The smallest absolute Gasteiger partial charge is 0.237 e. The van der Waals surface area contributed by atoms with Crippen LogP contribution >= 0.6 is 11.2 Å². The maximum atomic E-state index is 13.0. The molecule has 14 heavy (non-hydrogen) atoms. The summed E-state index contributed by atoms with van der Waals surface area (Å²) in [6, 6.07) is 2.15. The van der Waals surface area contributed by atoms with Crippen LogP contribution in [0.4, 0.5) is 16.0 Å². The van der Waals surface area contributed by atoms with Crippen molar-refractivity contribution >= 4 is 11.2 Å². The van der Waals surface area contributed by atoms with E-state index in [0.29, 0.717) is 6.07 Å². The minimum Gasteiger partial charge on any atom is -0.389 e. The molecular weight excluding hydrogens is 220 g/mol. The highest BCUT2D eigenvalue weighted by Crippen LogP contribution is 2.60. The fourth-order valence-corrected chi connectivity index (χ4v) is 1.45. The first kappa shape index (κ1) is 11.3.